The Labute approximate surface area is 248 Å². The van der Waals surface area contributed by atoms with Crippen LogP contribution in [-0.4, -0.2) is 73.8 Å². The Bertz CT molecular complexity index is 1140. The molecule has 2 fully saturated rings. The van der Waals surface area contributed by atoms with Crippen LogP contribution in [0.15, 0.2) is 42.5 Å². The lowest BCUT2D eigenvalue weighted by atomic mass is 9.87. The predicted molar refractivity (Wildman–Crippen MR) is 166 cm³/mol. The maximum absolute atomic E-state index is 13.5. The number of nitrogens with one attached hydrogen (secondary N) is 2. The molecule has 2 N–H and O–H groups in total. The van der Waals surface area contributed by atoms with Crippen LogP contribution in [0.3, 0.4) is 0 Å². The third-order valence-corrected chi connectivity index (χ3v) is 8.55. The molecule has 10 heteroatoms. The standard InChI is InChI=1S/C31H44F3N5OS/c1-30(2,3)23-7-10-26(11-8-23)38-20-18-37(19-21-38)15-5-6-29(41)39-16-13-24(14-17-39)35-25-9-12-28(36-40-4)27(22-25)31(32,33)34/h7-12,22,24,35-36H,5-6,13-21H2,1-4H3. The molecule has 2 aliphatic rings. The zero-order chi connectivity index (χ0) is 29.6. The first-order valence-corrected chi connectivity index (χ1v) is 15.0. The van der Waals surface area contributed by atoms with Gasteiger partial charge in [0.2, 0.25) is 0 Å². The van der Waals surface area contributed by atoms with Crippen LogP contribution in [0.1, 0.15) is 57.6 Å². The van der Waals surface area contributed by atoms with Crippen molar-refractivity contribution in [2.45, 2.75) is 64.1 Å². The minimum absolute atomic E-state index is 0.0986. The molecule has 41 heavy (non-hydrogen) atoms. The number of piperidine rings is 1. The number of alkyl halides is 3. The van der Waals surface area contributed by atoms with Crippen LogP contribution in [0.2, 0.25) is 0 Å². The van der Waals surface area contributed by atoms with E-state index in [0.717, 1.165) is 82.6 Å². The van der Waals surface area contributed by atoms with Gasteiger partial charge in [0.25, 0.3) is 0 Å². The first kappa shape index (κ1) is 31.4. The first-order valence-electron chi connectivity index (χ1n) is 14.6. The van der Waals surface area contributed by atoms with E-state index in [1.165, 1.54) is 24.4 Å². The smallest absolute Gasteiger partial charge is 0.382 e. The lowest BCUT2D eigenvalue weighted by Gasteiger charge is -2.37. The summed E-state index contributed by atoms with van der Waals surface area (Å²) in [5.41, 5.74) is 4.76. The van der Waals surface area contributed by atoms with Crippen molar-refractivity contribution in [1.29, 1.82) is 0 Å². The monoisotopic (exact) mass is 591 g/mol. The molecule has 4 rings (SSSR count). The van der Waals surface area contributed by atoms with E-state index in [4.69, 9.17) is 17.1 Å². The molecule has 0 atom stereocenters. The Morgan fingerprint density at radius 1 is 0.951 bits per heavy atom. The van der Waals surface area contributed by atoms with Crippen LogP contribution in [0.25, 0.3) is 0 Å². The highest BCUT2D eigenvalue weighted by Gasteiger charge is 2.34. The van der Waals surface area contributed by atoms with Crippen molar-refractivity contribution in [3.8, 4) is 0 Å². The summed E-state index contributed by atoms with van der Waals surface area (Å²) in [6.45, 7) is 13.6. The molecule has 2 aromatic rings. The zero-order valence-electron chi connectivity index (χ0n) is 24.7. The fourth-order valence-electron chi connectivity index (χ4n) is 5.59. The number of hydrogen-bond donors (Lipinski definition) is 2. The van der Waals surface area contributed by atoms with Crippen molar-refractivity contribution in [3.05, 3.63) is 53.6 Å². The van der Waals surface area contributed by atoms with E-state index in [1.54, 1.807) is 6.07 Å². The fraction of sp³-hybridized carbons (Fsp3) is 0.581. The minimum Gasteiger partial charge on any atom is -0.382 e. The number of piperazine rings is 1. The molecule has 2 heterocycles. The number of rotatable bonds is 9. The number of halogens is 3. The summed E-state index contributed by atoms with van der Waals surface area (Å²) >= 11 is 5.76. The van der Waals surface area contributed by atoms with Crippen LogP contribution < -0.4 is 15.7 Å². The molecule has 2 aromatic carbocycles. The zero-order valence-corrected chi connectivity index (χ0v) is 25.5. The summed E-state index contributed by atoms with van der Waals surface area (Å²) in [5.74, 6) is 0. The van der Waals surface area contributed by atoms with E-state index >= 15 is 0 Å². The average Bonchev–Trinajstić information content (AvgIpc) is 2.94. The summed E-state index contributed by atoms with van der Waals surface area (Å²) in [4.78, 5) is 13.0. The highest BCUT2D eigenvalue weighted by Crippen LogP contribution is 2.37. The Morgan fingerprint density at radius 2 is 1.61 bits per heavy atom. The van der Waals surface area contributed by atoms with Crippen LogP contribution >= 0.6 is 12.2 Å². The lowest BCUT2D eigenvalue weighted by molar-refractivity contribution is -0.137. The summed E-state index contributed by atoms with van der Waals surface area (Å²) in [5, 5.41) is 3.28. The number of likely N-dealkylation sites (tertiary alicyclic amines) is 1. The molecule has 0 spiro atoms. The van der Waals surface area contributed by atoms with Gasteiger partial charge in [-0.25, -0.2) is 0 Å². The third kappa shape index (κ3) is 8.72. The van der Waals surface area contributed by atoms with E-state index in [2.05, 4.69) is 70.5 Å². The Morgan fingerprint density at radius 3 is 2.20 bits per heavy atom. The Kier molecular flexibility index (Phi) is 10.4. The second-order valence-electron chi connectivity index (χ2n) is 12.1. The molecule has 226 valence electrons. The number of hydrogen-bond acceptors (Lipinski definition) is 6. The number of thiocarbonyl (C=S) groups is 1. The van der Waals surface area contributed by atoms with Gasteiger partial charge in [0.15, 0.2) is 0 Å². The van der Waals surface area contributed by atoms with Gasteiger partial charge in [0.05, 0.1) is 23.3 Å². The van der Waals surface area contributed by atoms with Crippen LogP contribution in [0, 0.1) is 0 Å². The van der Waals surface area contributed by atoms with Gasteiger partial charge in [-0.15, -0.1) is 0 Å². The molecule has 0 radical (unpaired) electrons. The molecule has 0 amide bonds. The van der Waals surface area contributed by atoms with Gasteiger partial charge < -0.3 is 15.1 Å². The predicted octanol–water partition coefficient (Wildman–Crippen LogP) is 6.78. The Hall–Kier alpha value is -2.56. The summed E-state index contributed by atoms with van der Waals surface area (Å²) in [6.07, 6.45) is -0.874. The van der Waals surface area contributed by atoms with Gasteiger partial charge in [0, 0.05) is 56.7 Å². The van der Waals surface area contributed by atoms with Gasteiger partial charge in [-0.3, -0.25) is 15.2 Å². The molecule has 0 aromatic heterocycles. The molecule has 0 aliphatic carbocycles. The van der Waals surface area contributed by atoms with Crippen molar-refractivity contribution in [2.75, 3.05) is 68.6 Å². The summed E-state index contributed by atoms with van der Waals surface area (Å²) in [7, 11) is 1.29. The molecule has 2 aliphatic heterocycles. The topological polar surface area (TPSA) is 43.0 Å². The van der Waals surface area contributed by atoms with Gasteiger partial charge >= 0.3 is 6.18 Å². The van der Waals surface area contributed by atoms with E-state index < -0.39 is 11.7 Å². The van der Waals surface area contributed by atoms with E-state index in [-0.39, 0.29) is 17.1 Å². The van der Waals surface area contributed by atoms with Gasteiger partial charge in [0.1, 0.15) is 0 Å². The van der Waals surface area contributed by atoms with Gasteiger partial charge in [-0.1, -0.05) is 45.1 Å². The molecule has 0 unspecified atom stereocenters. The van der Waals surface area contributed by atoms with Crippen molar-refractivity contribution >= 4 is 34.3 Å². The number of nitrogens with zero attached hydrogens (tertiary/aromatic N) is 3. The van der Waals surface area contributed by atoms with E-state index in [9.17, 15) is 13.2 Å². The second-order valence-corrected chi connectivity index (χ2v) is 12.6. The normalized spacial score (nSPS) is 17.5. The molecular formula is C31H44F3N5OS. The lowest BCUT2D eigenvalue weighted by Crippen LogP contribution is -2.47. The van der Waals surface area contributed by atoms with Gasteiger partial charge in [-0.05, 0) is 73.5 Å². The molecule has 0 saturated carbocycles. The highest BCUT2D eigenvalue weighted by atomic mass is 32.1. The first-order chi connectivity index (χ1) is 19.4. The van der Waals surface area contributed by atoms with Gasteiger partial charge in [-0.2, -0.15) is 13.2 Å². The van der Waals surface area contributed by atoms with Crippen molar-refractivity contribution in [2.24, 2.45) is 0 Å². The van der Waals surface area contributed by atoms with Crippen LogP contribution in [0.4, 0.5) is 30.2 Å². The summed E-state index contributed by atoms with van der Waals surface area (Å²) < 4.78 is 40.4. The van der Waals surface area contributed by atoms with E-state index in [1.807, 2.05) is 0 Å². The molecule has 0 bridgehead atoms. The maximum atomic E-state index is 13.5. The molecular weight excluding hydrogens is 547 g/mol. The quantitative estimate of drug-likeness (QED) is 0.246. The Balaban J connectivity index is 1.15. The third-order valence-electron chi connectivity index (χ3n) is 8.09. The average molecular weight is 592 g/mol. The number of anilines is 3. The van der Waals surface area contributed by atoms with Crippen LogP contribution in [-0.2, 0) is 16.4 Å². The SMILES string of the molecule is CONc1ccc(NC2CCN(C(=S)CCCN3CCN(c4ccc(C(C)(C)C)cc4)CC3)CC2)cc1C(F)(F)F. The minimum atomic E-state index is -4.47. The maximum Gasteiger partial charge on any atom is 0.418 e. The summed E-state index contributed by atoms with van der Waals surface area (Å²) in [6, 6.07) is 13.3. The van der Waals surface area contributed by atoms with Crippen LogP contribution in [0.5, 0.6) is 0 Å². The second kappa shape index (κ2) is 13.6. The van der Waals surface area contributed by atoms with Crippen molar-refractivity contribution in [1.82, 2.24) is 9.80 Å². The van der Waals surface area contributed by atoms with E-state index in [0.29, 0.717) is 5.69 Å². The highest BCUT2D eigenvalue weighted by molar-refractivity contribution is 7.80. The molecule has 2 saturated heterocycles. The van der Waals surface area contributed by atoms with Crippen molar-refractivity contribution < 1.29 is 18.0 Å². The largest absolute Gasteiger partial charge is 0.418 e. The molecule has 6 nitrogen and oxygen atoms in total. The fourth-order valence-corrected chi connectivity index (χ4v) is 5.92. The van der Waals surface area contributed by atoms with Crippen molar-refractivity contribution in [3.63, 3.8) is 0 Å². The number of benzene rings is 2.